The molecule has 0 spiro atoms. The first-order valence-electron chi connectivity index (χ1n) is 5.12. The number of alkyl halides is 1. The first kappa shape index (κ1) is 9.97. The van der Waals surface area contributed by atoms with E-state index in [0.717, 1.165) is 18.8 Å². The maximum absolute atomic E-state index is 13.2. The van der Waals surface area contributed by atoms with Crippen molar-refractivity contribution < 1.29 is 4.39 Å². The zero-order valence-electron chi connectivity index (χ0n) is 7.93. The molecule has 1 saturated carbocycles. The highest BCUT2D eigenvalue weighted by atomic mass is 19.1. The minimum absolute atomic E-state index is 0.209. The number of halogens is 1. The van der Waals surface area contributed by atoms with E-state index in [1.807, 2.05) is 0 Å². The molecule has 1 rings (SSSR count). The zero-order chi connectivity index (χ0) is 8.97. The van der Waals surface area contributed by atoms with Crippen LogP contribution in [-0.2, 0) is 0 Å². The standard InChI is InChI=1S/C10H20FN/c1-2-8-4-3-5-9(6-8)10(11)7-12/h8-10H,2-7,12H2,1H3. The van der Waals surface area contributed by atoms with Gasteiger partial charge >= 0.3 is 0 Å². The van der Waals surface area contributed by atoms with Crippen molar-refractivity contribution in [3.05, 3.63) is 0 Å². The Bertz CT molecular complexity index is 125. The monoisotopic (exact) mass is 173 g/mol. The Morgan fingerprint density at radius 2 is 2.25 bits per heavy atom. The quantitative estimate of drug-likeness (QED) is 0.697. The molecule has 1 fully saturated rings. The Labute approximate surface area is 74.5 Å². The Morgan fingerprint density at radius 1 is 1.50 bits per heavy atom. The van der Waals surface area contributed by atoms with Crippen LogP contribution in [0.25, 0.3) is 0 Å². The van der Waals surface area contributed by atoms with Crippen LogP contribution in [-0.4, -0.2) is 12.7 Å². The van der Waals surface area contributed by atoms with Gasteiger partial charge in [0.05, 0.1) is 0 Å². The van der Waals surface area contributed by atoms with Gasteiger partial charge < -0.3 is 5.73 Å². The second-order valence-corrected chi connectivity index (χ2v) is 3.95. The molecule has 0 aromatic rings. The first-order valence-corrected chi connectivity index (χ1v) is 5.12. The van der Waals surface area contributed by atoms with Crippen LogP contribution in [0.15, 0.2) is 0 Å². The molecule has 0 radical (unpaired) electrons. The van der Waals surface area contributed by atoms with E-state index in [1.165, 1.54) is 19.3 Å². The van der Waals surface area contributed by atoms with Crippen molar-refractivity contribution in [2.24, 2.45) is 17.6 Å². The van der Waals surface area contributed by atoms with Crippen LogP contribution in [0.5, 0.6) is 0 Å². The van der Waals surface area contributed by atoms with Gasteiger partial charge in [-0.1, -0.05) is 26.2 Å². The van der Waals surface area contributed by atoms with E-state index in [2.05, 4.69) is 6.92 Å². The molecule has 0 amide bonds. The van der Waals surface area contributed by atoms with Gasteiger partial charge in [0.1, 0.15) is 6.17 Å². The van der Waals surface area contributed by atoms with Crippen LogP contribution in [0, 0.1) is 11.8 Å². The molecule has 3 atom stereocenters. The Hall–Kier alpha value is -0.110. The molecule has 12 heavy (non-hydrogen) atoms. The van der Waals surface area contributed by atoms with Gasteiger partial charge in [0, 0.05) is 6.54 Å². The van der Waals surface area contributed by atoms with E-state index in [1.54, 1.807) is 0 Å². The van der Waals surface area contributed by atoms with Crippen molar-refractivity contribution in [3.63, 3.8) is 0 Å². The fraction of sp³-hybridized carbons (Fsp3) is 1.00. The van der Waals surface area contributed by atoms with Crippen LogP contribution in [0.1, 0.15) is 39.0 Å². The van der Waals surface area contributed by atoms with Crippen molar-refractivity contribution >= 4 is 0 Å². The molecule has 72 valence electrons. The van der Waals surface area contributed by atoms with Gasteiger partial charge in [-0.3, -0.25) is 0 Å². The lowest BCUT2D eigenvalue weighted by Gasteiger charge is -2.30. The molecule has 0 bridgehead atoms. The van der Waals surface area contributed by atoms with Crippen LogP contribution in [0.2, 0.25) is 0 Å². The summed E-state index contributed by atoms with van der Waals surface area (Å²) >= 11 is 0. The second-order valence-electron chi connectivity index (χ2n) is 3.95. The molecule has 1 aliphatic rings. The van der Waals surface area contributed by atoms with Gasteiger partial charge in [0.25, 0.3) is 0 Å². The van der Waals surface area contributed by atoms with E-state index in [-0.39, 0.29) is 12.5 Å². The molecule has 1 aliphatic carbocycles. The summed E-state index contributed by atoms with van der Waals surface area (Å²) < 4.78 is 13.2. The van der Waals surface area contributed by atoms with Crippen LogP contribution < -0.4 is 5.73 Å². The second kappa shape index (κ2) is 4.80. The van der Waals surface area contributed by atoms with E-state index in [4.69, 9.17) is 5.73 Å². The molecular weight excluding hydrogens is 153 g/mol. The average Bonchev–Trinajstić information content (AvgIpc) is 2.17. The lowest BCUT2D eigenvalue weighted by molar-refractivity contribution is 0.152. The molecule has 2 heteroatoms. The average molecular weight is 173 g/mol. The van der Waals surface area contributed by atoms with E-state index in [0.29, 0.717) is 0 Å². The summed E-state index contributed by atoms with van der Waals surface area (Å²) in [6.45, 7) is 2.41. The number of nitrogens with two attached hydrogens (primary N) is 1. The maximum atomic E-state index is 13.2. The third kappa shape index (κ3) is 2.44. The fourth-order valence-electron chi connectivity index (χ4n) is 2.22. The summed E-state index contributed by atoms with van der Waals surface area (Å²) in [6, 6.07) is 0. The molecule has 2 N–H and O–H groups in total. The largest absolute Gasteiger partial charge is 0.328 e. The summed E-state index contributed by atoms with van der Waals surface area (Å²) in [6.07, 6.45) is 5.06. The normalized spacial score (nSPS) is 33.2. The van der Waals surface area contributed by atoms with Crippen LogP contribution in [0.4, 0.5) is 4.39 Å². The summed E-state index contributed by atoms with van der Waals surface area (Å²) in [5, 5.41) is 0. The summed E-state index contributed by atoms with van der Waals surface area (Å²) in [5.41, 5.74) is 5.31. The summed E-state index contributed by atoms with van der Waals surface area (Å²) in [4.78, 5) is 0. The Balaban J connectivity index is 2.34. The van der Waals surface area contributed by atoms with Crippen LogP contribution >= 0.6 is 0 Å². The molecule has 0 aliphatic heterocycles. The lowest BCUT2D eigenvalue weighted by Crippen LogP contribution is -2.29. The summed E-state index contributed by atoms with van der Waals surface area (Å²) in [7, 11) is 0. The van der Waals surface area contributed by atoms with E-state index >= 15 is 0 Å². The highest BCUT2D eigenvalue weighted by molar-refractivity contribution is 4.78. The van der Waals surface area contributed by atoms with Crippen molar-refractivity contribution in [2.75, 3.05) is 6.54 Å². The maximum Gasteiger partial charge on any atom is 0.115 e. The summed E-state index contributed by atoms with van der Waals surface area (Å²) in [5.74, 6) is 1.02. The molecule has 0 saturated heterocycles. The molecule has 0 aromatic heterocycles. The first-order chi connectivity index (χ1) is 5.77. The molecule has 0 heterocycles. The predicted octanol–water partition coefficient (Wildman–Crippen LogP) is 2.50. The predicted molar refractivity (Wildman–Crippen MR) is 49.7 cm³/mol. The highest BCUT2D eigenvalue weighted by Crippen LogP contribution is 2.33. The third-order valence-corrected chi connectivity index (χ3v) is 3.14. The van der Waals surface area contributed by atoms with Gasteiger partial charge in [0.2, 0.25) is 0 Å². The van der Waals surface area contributed by atoms with E-state index in [9.17, 15) is 4.39 Å². The SMILES string of the molecule is CCC1CCCC(C(F)CN)C1. The topological polar surface area (TPSA) is 26.0 Å². The fourth-order valence-corrected chi connectivity index (χ4v) is 2.22. The molecule has 1 nitrogen and oxygen atoms in total. The van der Waals surface area contributed by atoms with E-state index < -0.39 is 6.17 Å². The molecule has 3 unspecified atom stereocenters. The number of rotatable bonds is 3. The smallest absolute Gasteiger partial charge is 0.115 e. The number of hydrogen-bond acceptors (Lipinski definition) is 1. The van der Waals surface area contributed by atoms with Gasteiger partial charge in [0.15, 0.2) is 0 Å². The van der Waals surface area contributed by atoms with Crippen LogP contribution in [0.3, 0.4) is 0 Å². The minimum Gasteiger partial charge on any atom is -0.328 e. The van der Waals surface area contributed by atoms with Gasteiger partial charge in [-0.2, -0.15) is 0 Å². The van der Waals surface area contributed by atoms with Gasteiger partial charge in [-0.25, -0.2) is 4.39 Å². The Kier molecular flexibility index (Phi) is 3.99. The van der Waals surface area contributed by atoms with Gasteiger partial charge in [-0.15, -0.1) is 0 Å². The number of hydrogen-bond donors (Lipinski definition) is 1. The molecule has 0 aromatic carbocycles. The van der Waals surface area contributed by atoms with Gasteiger partial charge in [-0.05, 0) is 24.7 Å². The van der Waals surface area contributed by atoms with Crippen molar-refractivity contribution in [3.8, 4) is 0 Å². The minimum atomic E-state index is -0.751. The van der Waals surface area contributed by atoms with Crippen molar-refractivity contribution in [1.82, 2.24) is 0 Å². The highest BCUT2D eigenvalue weighted by Gasteiger charge is 2.26. The third-order valence-electron chi connectivity index (χ3n) is 3.14. The van der Waals surface area contributed by atoms with Crippen molar-refractivity contribution in [1.29, 1.82) is 0 Å². The lowest BCUT2D eigenvalue weighted by atomic mass is 9.78. The molecular formula is C10H20FN. The zero-order valence-corrected chi connectivity index (χ0v) is 7.93. The Morgan fingerprint density at radius 3 is 2.83 bits per heavy atom. The van der Waals surface area contributed by atoms with Crippen molar-refractivity contribution in [2.45, 2.75) is 45.2 Å².